The van der Waals surface area contributed by atoms with Gasteiger partial charge in [-0.15, -0.1) is 0 Å². The molecule has 186 valence electrons. The Kier molecular flexibility index (Phi) is 6.10. The Morgan fingerprint density at radius 3 is 2.64 bits per heavy atom. The molecule has 0 unspecified atom stereocenters. The number of fused-ring (bicyclic) bond motifs is 1. The highest BCUT2D eigenvalue weighted by atomic mass is 35.5. The molecule has 9 nitrogen and oxygen atoms in total. The zero-order valence-corrected chi connectivity index (χ0v) is 20.9. The van der Waals surface area contributed by atoms with E-state index in [0.717, 1.165) is 72.9 Å². The van der Waals surface area contributed by atoms with Crippen molar-refractivity contribution in [3.63, 3.8) is 0 Å². The highest BCUT2D eigenvalue weighted by Crippen LogP contribution is 2.32. The normalized spacial score (nSPS) is 17.2. The van der Waals surface area contributed by atoms with E-state index in [1.807, 2.05) is 52.4 Å². The molecule has 10 heteroatoms. The molecule has 2 aliphatic heterocycles. The summed E-state index contributed by atoms with van der Waals surface area (Å²) in [5.74, 6) is 0.869. The lowest BCUT2D eigenvalue weighted by Crippen LogP contribution is -2.37. The summed E-state index contributed by atoms with van der Waals surface area (Å²) < 4.78 is 9.59. The Hall–Kier alpha value is -3.43. The Morgan fingerprint density at radius 2 is 1.89 bits per heavy atom. The first-order valence-corrected chi connectivity index (χ1v) is 12.7. The van der Waals surface area contributed by atoms with Crippen molar-refractivity contribution >= 4 is 34.4 Å². The minimum Gasteiger partial charge on any atom is -0.378 e. The maximum atomic E-state index is 11.8. The first kappa shape index (κ1) is 23.0. The zero-order valence-electron chi connectivity index (χ0n) is 20.2. The van der Waals surface area contributed by atoms with E-state index < -0.39 is 0 Å². The van der Waals surface area contributed by atoms with Crippen molar-refractivity contribution in [1.29, 1.82) is 0 Å². The van der Waals surface area contributed by atoms with Crippen LogP contribution in [0.1, 0.15) is 25.8 Å². The number of carbonyl (C=O) groups excluding carboxylic acids is 1. The summed E-state index contributed by atoms with van der Waals surface area (Å²) in [6, 6.07) is 12.0. The van der Waals surface area contributed by atoms with Gasteiger partial charge in [-0.1, -0.05) is 23.7 Å². The standard InChI is InChI=1S/C26H28ClN7O2/c1-18(35)31-8-5-21(6-9-31)33-17-28-25-23(32-11-13-36-14-12-32)16-24(29-26(25)33)34-10-7-22(30-34)19-3-2-4-20(27)15-19/h2-4,7,10,15-17,21H,5-6,8-9,11-14H2,1H3. The summed E-state index contributed by atoms with van der Waals surface area (Å²) in [5.41, 5.74) is 4.56. The Morgan fingerprint density at radius 1 is 1.08 bits per heavy atom. The number of morpholine rings is 1. The van der Waals surface area contributed by atoms with Gasteiger partial charge < -0.3 is 19.1 Å². The van der Waals surface area contributed by atoms with Crippen molar-refractivity contribution in [1.82, 2.24) is 29.2 Å². The molecule has 0 radical (unpaired) electrons. The number of halogens is 1. The number of carbonyl (C=O) groups is 1. The van der Waals surface area contributed by atoms with Crippen molar-refractivity contribution in [3.05, 3.63) is 53.9 Å². The van der Waals surface area contributed by atoms with Gasteiger partial charge in [0.15, 0.2) is 11.5 Å². The van der Waals surface area contributed by atoms with Gasteiger partial charge in [0.2, 0.25) is 5.91 Å². The molecule has 6 rings (SSSR count). The predicted octanol–water partition coefficient (Wildman–Crippen LogP) is 3.96. The van der Waals surface area contributed by atoms with Gasteiger partial charge in [-0.25, -0.2) is 14.6 Å². The number of hydrogen-bond acceptors (Lipinski definition) is 6. The van der Waals surface area contributed by atoms with Crippen molar-refractivity contribution in [2.45, 2.75) is 25.8 Å². The molecule has 0 saturated carbocycles. The molecule has 0 bridgehead atoms. The van der Waals surface area contributed by atoms with E-state index in [2.05, 4.69) is 15.5 Å². The fourth-order valence-corrected chi connectivity index (χ4v) is 5.31. The minimum absolute atomic E-state index is 0.133. The van der Waals surface area contributed by atoms with Crippen LogP contribution in [0.4, 0.5) is 5.69 Å². The van der Waals surface area contributed by atoms with Crippen LogP contribution in [0.3, 0.4) is 0 Å². The van der Waals surface area contributed by atoms with E-state index in [9.17, 15) is 4.79 Å². The molecule has 0 N–H and O–H groups in total. The summed E-state index contributed by atoms with van der Waals surface area (Å²) in [4.78, 5) is 25.9. The average molecular weight is 506 g/mol. The van der Waals surface area contributed by atoms with Crippen LogP contribution in [-0.2, 0) is 9.53 Å². The largest absolute Gasteiger partial charge is 0.378 e. The molecule has 2 saturated heterocycles. The molecule has 2 aliphatic rings. The van der Waals surface area contributed by atoms with Crippen LogP contribution in [-0.4, -0.2) is 74.5 Å². The second-order valence-corrected chi connectivity index (χ2v) is 9.75. The van der Waals surface area contributed by atoms with Gasteiger partial charge in [0.1, 0.15) is 5.52 Å². The number of likely N-dealkylation sites (tertiary alicyclic amines) is 1. The molecule has 1 aromatic carbocycles. The van der Waals surface area contributed by atoms with Crippen LogP contribution in [0.2, 0.25) is 5.02 Å². The van der Waals surface area contributed by atoms with Crippen LogP contribution in [0, 0.1) is 0 Å². The fraction of sp³-hybridized carbons (Fsp3) is 0.385. The maximum Gasteiger partial charge on any atom is 0.219 e. The number of anilines is 1. The molecule has 4 aromatic rings. The summed E-state index contributed by atoms with van der Waals surface area (Å²) in [5, 5.41) is 5.50. The van der Waals surface area contributed by atoms with E-state index in [0.29, 0.717) is 18.2 Å². The number of benzene rings is 1. The molecule has 2 fully saturated rings. The molecular formula is C26H28ClN7O2. The third kappa shape index (κ3) is 4.33. The first-order chi connectivity index (χ1) is 17.6. The Balaban J connectivity index is 1.41. The molecule has 36 heavy (non-hydrogen) atoms. The third-order valence-electron chi connectivity index (χ3n) is 7.10. The topological polar surface area (TPSA) is 81.3 Å². The van der Waals surface area contributed by atoms with E-state index in [4.69, 9.17) is 31.4 Å². The van der Waals surface area contributed by atoms with Crippen molar-refractivity contribution in [2.75, 3.05) is 44.3 Å². The average Bonchev–Trinajstić information content (AvgIpc) is 3.57. The van der Waals surface area contributed by atoms with Crippen molar-refractivity contribution < 1.29 is 9.53 Å². The number of amides is 1. The predicted molar refractivity (Wildman–Crippen MR) is 139 cm³/mol. The quantitative estimate of drug-likeness (QED) is 0.417. The number of aromatic nitrogens is 5. The van der Waals surface area contributed by atoms with Gasteiger partial charge >= 0.3 is 0 Å². The van der Waals surface area contributed by atoms with Gasteiger partial charge in [-0.2, -0.15) is 5.10 Å². The summed E-state index contributed by atoms with van der Waals surface area (Å²) >= 11 is 6.20. The number of hydrogen-bond donors (Lipinski definition) is 0. The van der Waals surface area contributed by atoms with Crippen LogP contribution in [0.15, 0.2) is 48.9 Å². The number of piperidine rings is 1. The summed E-state index contributed by atoms with van der Waals surface area (Å²) in [6.45, 7) is 6.10. The van der Waals surface area contributed by atoms with E-state index >= 15 is 0 Å². The number of rotatable bonds is 4. The molecule has 0 atom stereocenters. The molecule has 1 amide bonds. The Labute approximate surface area is 214 Å². The molecule has 0 spiro atoms. The second kappa shape index (κ2) is 9.55. The third-order valence-corrected chi connectivity index (χ3v) is 7.33. The number of ether oxygens (including phenoxy) is 1. The molecule has 5 heterocycles. The van der Waals surface area contributed by atoms with Gasteiger partial charge in [-0.3, -0.25) is 4.79 Å². The fourth-order valence-electron chi connectivity index (χ4n) is 5.12. The molecule has 0 aliphatic carbocycles. The monoisotopic (exact) mass is 505 g/mol. The zero-order chi connectivity index (χ0) is 24.6. The highest BCUT2D eigenvalue weighted by molar-refractivity contribution is 6.30. The number of imidazole rings is 1. The van der Waals surface area contributed by atoms with Crippen LogP contribution >= 0.6 is 11.6 Å². The summed E-state index contributed by atoms with van der Waals surface area (Å²) in [7, 11) is 0. The van der Waals surface area contributed by atoms with E-state index in [1.54, 1.807) is 6.92 Å². The van der Waals surface area contributed by atoms with Gasteiger partial charge in [0, 0.05) is 62.0 Å². The number of pyridine rings is 1. The van der Waals surface area contributed by atoms with E-state index in [1.165, 1.54) is 0 Å². The lowest BCUT2D eigenvalue weighted by Gasteiger charge is -2.32. The van der Waals surface area contributed by atoms with E-state index in [-0.39, 0.29) is 11.9 Å². The number of nitrogens with zero attached hydrogens (tertiary/aromatic N) is 7. The lowest BCUT2D eigenvalue weighted by molar-refractivity contribution is -0.130. The Bertz CT molecular complexity index is 1400. The highest BCUT2D eigenvalue weighted by Gasteiger charge is 2.26. The van der Waals surface area contributed by atoms with Gasteiger partial charge in [0.25, 0.3) is 0 Å². The van der Waals surface area contributed by atoms with Crippen LogP contribution < -0.4 is 4.90 Å². The first-order valence-electron chi connectivity index (χ1n) is 12.3. The van der Waals surface area contributed by atoms with Crippen LogP contribution in [0.25, 0.3) is 28.2 Å². The SMILES string of the molecule is CC(=O)N1CCC(n2cnc3c(N4CCOCC4)cc(-n4ccc(-c5cccc(Cl)c5)n4)nc32)CC1. The maximum absolute atomic E-state index is 11.8. The smallest absolute Gasteiger partial charge is 0.219 e. The van der Waals surface area contributed by atoms with Crippen molar-refractivity contribution in [2.24, 2.45) is 0 Å². The lowest BCUT2D eigenvalue weighted by atomic mass is 10.0. The molecule has 3 aromatic heterocycles. The van der Waals surface area contributed by atoms with Gasteiger partial charge in [0.05, 0.1) is 30.9 Å². The van der Waals surface area contributed by atoms with Gasteiger partial charge in [-0.05, 0) is 31.0 Å². The summed E-state index contributed by atoms with van der Waals surface area (Å²) in [6.07, 6.45) is 5.59. The second-order valence-electron chi connectivity index (χ2n) is 9.32. The van der Waals surface area contributed by atoms with Crippen LogP contribution in [0.5, 0.6) is 0 Å². The minimum atomic E-state index is 0.133. The molecular weight excluding hydrogens is 478 g/mol. The van der Waals surface area contributed by atoms with Crippen molar-refractivity contribution in [3.8, 4) is 17.1 Å².